The summed E-state index contributed by atoms with van der Waals surface area (Å²) in [5.74, 6) is 0. The summed E-state index contributed by atoms with van der Waals surface area (Å²) in [6.07, 6.45) is 3.72. The lowest BCUT2D eigenvalue weighted by molar-refractivity contribution is 0.789. The van der Waals surface area contributed by atoms with Crippen molar-refractivity contribution in [1.82, 2.24) is 0 Å². The molecule has 0 spiro atoms. The highest BCUT2D eigenvalue weighted by Crippen LogP contribution is 2.13. The van der Waals surface area contributed by atoms with Crippen molar-refractivity contribution in [2.75, 3.05) is 0 Å². The van der Waals surface area contributed by atoms with Crippen LogP contribution < -0.4 is 5.73 Å². The fourth-order valence-corrected chi connectivity index (χ4v) is 1.49. The molecule has 0 saturated carbocycles. The molecule has 0 unspecified atom stereocenters. The van der Waals surface area contributed by atoms with Crippen molar-refractivity contribution < 1.29 is 0 Å². The van der Waals surface area contributed by atoms with E-state index >= 15 is 0 Å². The zero-order valence-corrected chi connectivity index (χ0v) is 8.64. The van der Waals surface area contributed by atoms with E-state index < -0.39 is 0 Å². The van der Waals surface area contributed by atoms with Crippen LogP contribution in [0.1, 0.15) is 36.5 Å². The fourth-order valence-electron chi connectivity index (χ4n) is 1.49. The number of hydrogen-bond acceptors (Lipinski definition) is 1. The van der Waals surface area contributed by atoms with E-state index in [-0.39, 0.29) is 0 Å². The monoisotopic (exact) mass is 177 g/mol. The van der Waals surface area contributed by atoms with Crippen molar-refractivity contribution in [1.29, 1.82) is 0 Å². The normalized spacial score (nSPS) is 10.4. The van der Waals surface area contributed by atoms with Crippen LogP contribution in [0.5, 0.6) is 0 Å². The van der Waals surface area contributed by atoms with E-state index in [0.29, 0.717) is 6.54 Å². The van der Waals surface area contributed by atoms with Gasteiger partial charge in [-0.1, -0.05) is 31.5 Å². The Balaban J connectivity index is 2.78. The highest BCUT2D eigenvalue weighted by atomic mass is 14.5. The SMILES string of the molecule is CCCCc1cc(CN)ccc1C. The van der Waals surface area contributed by atoms with Crippen LogP contribution in [0.3, 0.4) is 0 Å². The second kappa shape index (κ2) is 5.03. The summed E-state index contributed by atoms with van der Waals surface area (Å²) < 4.78 is 0. The van der Waals surface area contributed by atoms with Gasteiger partial charge >= 0.3 is 0 Å². The third-order valence-electron chi connectivity index (χ3n) is 2.45. The van der Waals surface area contributed by atoms with Gasteiger partial charge in [0.25, 0.3) is 0 Å². The van der Waals surface area contributed by atoms with E-state index in [0.717, 1.165) is 0 Å². The van der Waals surface area contributed by atoms with Crippen molar-refractivity contribution in [2.45, 2.75) is 39.7 Å². The smallest absolute Gasteiger partial charge is 0.0178 e. The molecule has 1 nitrogen and oxygen atoms in total. The zero-order chi connectivity index (χ0) is 9.68. The van der Waals surface area contributed by atoms with Gasteiger partial charge in [-0.2, -0.15) is 0 Å². The molecule has 0 saturated heterocycles. The van der Waals surface area contributed by atoms with E-state index in [1.807, 2.05) is 0 Å². The Morgan fingerprint density at radius 3 is 2.69 bits per heavy atom. The Morgan fingerprint density at radius 1 is 1.31 bits per heavy atom. The summed E-state index contributed by atoms with van der Waals surface area (Å²) in [5.41, 5.74) is 9.70. The average Bonchev–Trinajstić information content (AvgIpc) is 2.17. The van der Waals surface area contributed by atoms with E-state index in [1.54, 1.807) is 0 Å². The summed E-state index contributed by atoms with van der Waals surface area (Å²) >= 11 is 0. The standard InChI is InChI=1S/C12H19N/c1-3-4-5-12-8-11(9-13)7-6-10(12)2/h6-8H,3-5,9,13H2,1-2H3. The topological polar surface area (TPSA) is 26.0 Å². The van der Waals surface area contributed by atoms with E-state index in [1.165, 1.54) is 36.0 Å². The maximum atomic E-state index is 5.60. The third kappa shape index (κ3) is 2.85. The number of unbranched alkanes of at least 4 members (excludes halogenated alkanes) is 1. The highest BCUT2D eigenvalue weighted by Gasteiger charge is 1.98. The van der Waals surface area contributed by atoms with Crippen molar-refractivity contribution in [3.8, 4) is 0 Å². The van der Waals surface area contributed by atoms with Gasteiger partial charge in [0, 0.05) is 6.54 Å². The predicted octanol–water partition coefficient (Wildman–Crippen LogP) is 2.80. The van der Waals surface area contributed by atoms with Gasteiger partial charge in [-0.15, -0.1) is 0 Å². The van der Waals surface area contributed by atoms with Gasteiger partial charge in [0.2, 0.25) is 0 Å². The van der Waals surface area contributed by atoms with Crippen molar-refractivity contribution in [3.05, 3.63) is 34.9 Å². The second-order valence-electron chi connectivity index (χ2n) is 3.57. The van der Waals surface area contributed by atoms with Crippen LogP contribution in [0.25, 0.3) is 0 Å². The van der Waals surface area contributed by atoms with Gasteiger partial charge in [-0.25, -0.2) is 0 Å². The van der Waals surface area contributed by atoms with Gasteiger partial charge in [-0.3, -0.25) is 0 Å². The number of nitrogens with two attached hydrogens (primary N) is 1. The van der Waals surface area contributed by atoms with Crippen LogP contribution in [-0.4, -0.2) is 0 Å². The lowest BCUT2D eigenvalue weighted by Gasteiger charge is -2.06. The molecule has 2 N–H and O–H groups in total. The number of hydrogen-bond donors (Lipinski definition) is 1. The molecular formula is C12H19N. The molecule has 0 aliphatic carbocycles. The van der Waals surface area contributed by atoms with Gasteiger partial charge in [0.1, 0.15) is 0 Å². The van der Waals surface area contributed by atoms with Gasteiger partial charge in [0.15, 0.2) is 0 Å². The summed E-state index contributed by atoms with van der Waals surface area (Å²) in [5, 5.41) is 0. The molecule has 0 amide bonds. The lowest BCUT2D eigenvalue weighted by Crippen LogP contribution is -1.98. The molecule has 0 radical (unpaired) electrons. The van der Waals surface area contributed by atoms with Crippen LogP contribution in [0.15, 0.2) is 18.2 Å². The Kier molecular flexibility index (Phi) is 3.97. The largest absolute Gasteiger partial charge is 0.326 e. The molecule has 0 atom stereocenters. The van der Waals surface area contributed by atoms with Crippen LogP contribution in [0, 0.1) is 6.92 Å². The average molecular weight is 177 g/mol. The summed E-state index contributed by atoms with van der Waals surface area (Å²) in [6, 6.07) is 6.53. The molecule has 72 valence electrons. The molecule has 13 heavy (non-hydrogen) atoms. The van der Waals surface area contributed by atoms with Crippen LogP contribution in [-0.2, 0) is 13.0 Å². The number of aryl methyl sites for hydroxylation is 2. The zero-order valence-electron chi connectivity index (χ0n) is 8.64. The third-order valence-corrected chi connectivity index (χ3v) is 2.45. The Hall–Kier alpha value is -0.820. The lowest BCUT2D eigenvalue weighted by atomic mass is 10.0. The van der Waals surface area contributed by atoms with Crippen molar-refractivity contribution >= 4 is 0 Å². The summed E-state index contributed by atoms with van der Waals surface area (Å²) in [7, 11) is 0. The molecule has 0 heterocycles. The first-order valence-electron chi connectivity index (χ1n) is 5.06. The number of rotatable bonds is 4. The summed E-state index contributed by atoms with van der Waals surface area (Å²) in [4.78, 5) is 0. The molecule has 1 rings (SSSR count). The van der Waals surface area contributed by atoms with Crippen molar-refractivity contribution in [3.63, 3.8) is 0 Å². The molecule has 0 aliphatic heterocycles. The molecule has 1 heteroatoms. The molecule has 0 fully saturated rings. The van der Waals surface area contributed by atoms with Crippen LogP contribution in [0.4, 0.5) is 0 Å². The Bertz CT molecular complexity index is 266. The molecule has 1 aromatic carbocycles. The van der Waals surface area contributed by atoms with E-state index in [4.69, 9.17) is 5.73 Å². The highest BCUT2D eigenvalue weighted by molar-refractivity contribution is 5.31. The van der Waals surface area contributed by atoms with Gasteiger partial charge < -0.3 is 5.73 Å². The number of benzene rings is 1. The summed E-state index contributed by atoms with van der Waals surface area (Å²) in [6.45, 7) is 5.05. The molecule has 0 aromatic heterocycles. The minimum atomic E-state index is 0.652. The maximum absolute atomic E-state index is 5.60. The fraction of sp³-hybridized carbons (Fsp3) is 0.500. The van der Waals surface area contributed by atoms with Crippen molar-refractivity contribution in [2.24, 2.45) is 5.73 Å². The van der Waals surface area contributed by atoms with Crippen LogP contribution >= 0.6 is 0 Å². The molecule has 1 aromatic rings. The quantitative estimate of drug-likeness (QED) is 0.752. The first kappa shape index (κ1) is 10.3. The maximum Gasteiger partial charge on any atom is 0.0178 e. The second-order valence-corrected chi connectivity index (χ2v) is 3.57. The predicted molar refractivity (Wildman–Crippen MR) is 57.7 cm³/mol. The van der Waals surface area contributed by atoms with Gasteiger partial charge in [-0.05, 0) is 36.5 Å². The minimum absolute atomic E-state index is 0.652. The first-order chi connectivity index (χ1) is 6.27. The minimum Gasteiger partial charge on any atom is -0.326 e. The van der Waals surface area contributed by atoms with E-state index in [9.17, 15) is 0 Å². The molecule has 0 aliphatic rings. The van der Waals surface area contributed by atoms with Gasteiger partial charge in [0.05, 0.1) is 0 Å². The molecule has 0 bridgehead atoms. The Labute approximate surface area is 81.0 Å². The first-order valence-corrected chi connectivity index (χ1v) is 5.06. The van der Waals surface area contributed by atoms with E-state index in [2.05, 4.69) is 32.0 Å². The van der Waals surface area contributed by atoms with Crippen LogP contribution in [0.2, 0.25) is 0 Å². The Morgan fingerprint density at radius 2 is 2.08 bits per heavy atom. The molecular weight excluding hydrogens is 158 g/mol.